The Morgan fingerprint density at radius 1 is 1.16 bits per heavy atom. The van der Waals surface area contributed by atoms with Gasteiger partial charge in [-0.1, -0.05) is 29.8 Å². The molecule has 1 fully saturated rings. The van der Waals surface area contributed by atoms with Crippen molar-refractivity contribution in [2.24, 2.45) is 0 Å². The average molecular weight is 416 g/mol. The number of halogens is 1. The lowest BCUT2D eigenvalue weighted by atomic mass is 10.2. The van der Waals surface area contributed by atoms with Crippen LogP contribution in [0.5, 0.6) is 0 Å². The highest BCUT2D eigenvalue weighted by Crippen LogP contribution is 2.28. The fourth-order valence-corrected chi connectivity index (χ4v) is 5.95. The summed E-state index contributed by atoms with van der Waals surface area (Å²) >= 11 is 12.4. The lowest BCUT2D eigenvalue weighted by Crippen LogP contribution is -2.51. The molecule has 0 aliphatic carbocycles. The van der Waals surface area contributed by atoms with E-state index in [4.69, 9.17) is 23.8 Å². The van der Waals surface area contributed by atoms with Gasteiger partial charge in [0.25, 0.3) is 10.0 Å². The second-order valence-corrected chi connectivity index (χ2v) is 9.96. The molecule has 134 valence electrons. The zero-order valence-corrected chi connectivity index (χ0v) is 16.8. The third-order valence-electron chi connectivity index (χ3n) is 4.06. The molecule has 0 unspecified atom stereocenters. The van der Waals surface area contributed by atoms with Gasteiger partial charge in [-0.3, -0.25) is 0 Å². The molecule has 1 N–H and O–H groups in total. The quantitative estimate of drug-likeness (QED) is 0.778. The number of rotatable bonds is 3. The van der Waals surface area contributed by atoms with E-state index in [1.807, 2.05) is 36.1 Å². The number of anilines is 1. The second kappa shape index (κ2) is 7.59. The van der Waals surface area contributed by atoms with Crippen molar-refractivity contribution in [2.75, 3.05) is 31.5 Å². The SMILES string of the molecule is Cc1ccccc1NC(=S)N1CCN(S(=O)(=O)c2ccc(Cl)s2)CC1. The van der Waals surface area contributed by atoms with Crippen LogP contribution in [0.25, 0.3) is 0 Å². The summed E-state index contributed by atoms with van der Waals surface area (Å²) in [6.07, 6.45) is 0. The van der Waals surface area contributed by atoms with E-state index in [9.17, 15) is 8.42 Å². The number of aryl methyl sites for hydroxylation is 1. The van der Waals surface area contributed by atoms with Gasteiger partial charge in [0.05, 0.1) is 4.34 Å². The highest BCUT2D eigenvalue weighted by Gasteiger charge is 2.30. The fraction of sp³-hybridized carbons (Fsp3) is 0.312. The van der Waals surface area contributed by atoms with Crippen molar-refractivity contribution in [1.82, 2.24) is 9.21 Å². The molecule has 0 bridgehead atoms. The minimum atomic E-state index is -3.48. The van der Waals surface area contributed by atoms with Gasteiger partial charge in [0.1, 0.15) is 4.21 Å². The molecule has 5 nitrogen and oxygen atoms in total. The van der Waals surface area contributed by atoms with Crippen molar-refractivity contribution < 1.29 is 8.42 Å². The van der Waals surface area contributed by atoms with Gasteiger partial charge in [-0.15, -0.1) is 11.3 Å². The Balaban J connectivity index is 1.62. The van der Waals surface area contributed by atoms with Crippen LogP contribution in [0.1, 0.15) is 5.56 Å². The zero-order valence-electron chi connectivity index (χ0n) is 13.6. The maximum Gasteiger partial charge on any atom is 0.252 e. The lowest BCUT2D eigenvalue weighted by Gasteiger charge is -2.35. The highest BCUT2D eigenvalue weighted by atomic mass is 35.5. The summed E-state index contributed by atoms with van der Waals surface area (Å²) in [5.74, 6) is 0. The van der Waals surface area contributed by atoms with Gasteiger partial charge in [-0.25, -0.2) is 8.42 Å². The topological polar surface area (TPSA) is 52.6 Å². The van der Waals surface area contributed by atoms with E-state index in [0.717, 1.165) is 22.6 Å². The first-order chi connectivity index (χ1) is 11.9. The normalized spacial score (nSPS) is 16.0. The molecular weight excluding hydrogens is 398 g/mol. The van der Waals surface area contributed by atoms with Crippen LogP contribution >= 0.6 is 35.2 Å². The van der Waals surface area contributed by atoms with Crippen LogP contribution < -0.4 is 5.32 Å². The molecule has 25 heavy (non-hydrogen) atoms. The number of nitrogens with one attached hydrogen (secondary N) is 1. The molecule has 1 aliphatic rings. The maximum atomic E-state index is 12.6. The largest absolute Gasteiger partial charge is 0.346 e. The molecule has 1 aromatic heterocycles. The van der Waals surface area contributed by atoms with Crippen LogP contribution in [0.4, 0.5) is 5.69 Å². The molecule has 1 saturated heterocycles. The van der Waals surface area contributed by atoms with Crippen LogP contribution in [0.15, 0.2) is 40.6 Å². The minimum Gasteiger partial charge on any atom is -0.346 e. The number of nitrogens with zero attached hydrogens (tertiary/aromatic N) is 2. The van der Waals surface area contributed by atoms with E-state index in [2.05, 4.69) is 5.32 Å². The van der Waals surface area contributed by atoms with Gasteiger partial charge < -0.3 is 10.2 Å². The van der Waals surface area contributed by atoms with E-state index in [1.54, 1.807) is 12.1 Å². The number of hydrogen-bond donors (Lipinski definition) is 1. The lowest BCUT2D eigenvalue weighted by molar-refractivity contribution is 0.269. The monoisotopic (exact) mass is 415 g/mol. The molecule has 3 rings (SSSR count). The summed E-state index contributed by atoms with van der Waals surface area (Å²) in [5, 5.41) is 3.86. The summed E-state index contributed by atoms with van der Waals surface area (Å²) in [6, 6.07) is 11.1. The Kier molecular flexibility index (Phi) is 5.65. The van der Waals surface area contributed by atoms with Crippen LogP contribution in [-0.4, -0.2) is 48.9 Å². The molecule has 0 atom stereocenters. The molecule has 1 aromatic carbocycles. The van der Waals surface area contributed by atoms with E-state index in [-0.39, 0.29) is 4.21 Å². The van der Waals surface area contributed by atoms with Crippen molar-refractivity contribution in [1.29, 1.82) is 0 Å². The maximum absolute atomic E-state index is 12.6. The van der Waals surface area contributed by atoms with Gasteiger partial charge in [-0.2, -0.15) is 4.31 Å². The summed E-state index contributed by atoms with van der Waals surface area (Å²) in [5.41, 5.74) is 2.08. The number of thiophene rings is 1. The molecule has 9 heteroatoms. The highest BCUT2D eigenvalue weighted by molar-refractivity contribution is 7.91. The number of sulfonamides is 1. The van der Waals surface area contributed by atoms with E-state index >= 15 is 0 Å². The van der Waals surface area contributed by atoms with Gasteiger partial charge in [-0.05, 0) is 42.9 Å². The fourth-order valence-electron chi connectivity index (χ4n) is 2.60. The molecule has 2 aromatic rings. The van der Waals surface area contributed by atoms with Gasteiger partial charge in [0.2, 0.25) is 0 Å². The summed E-state index contributed by atoms with van der Waals surface area (Å²) in [6.45, 7) is 3.91. The number of benzene rings is 1. The molecule has 0 radical (unpaired) electrons. The predicted octanol–water partition coefficient (Wildman–Crippen LogP) is 3.41. The number of hydrogen-bond acceptors (Lipinski definition) is 4. The summed E-state index contributed by atoms with van der Waals surface area (Å²) in [7, 11) is -3.48. The third-order valence-corrected chi connectivity index (χ3v) is 8.01. The van der Waals surface area contributed by atoms with E-state index < -0.39 is 10.0 Å². The standard InChI is InChI=1S/C16H18ClN3O2S3/c1-12-4-2-3-5-13(12)18-16(23)19-8-10-20(11-9-19)25(21,22)15-7-6-14(17)24-15/h2-7H,8-11H2,1H3,(H,18,23). The van der Waals surface area contributed by atoms with E-state index in [1.165, 1.54) is 4.31 Å². The molecule has 2 heterocycles. The Morgan fingerprint density at radius 2 is 1.84 bits per heavy atom. The first kappa shape index (κ1) is 18.6. The van der Waals surface area contributed by atoms with Crippen LogP contribution in [0.2, 0.25) is 4.34 Å². The predicted molar refractivity (Wildman–Crippen MR) is 107 cm³/mol. The van der Waals surface area contributed by atoms with Crippen molar-refractivity contribution in [2.45, 2.75) is 11.1 Å². The summed E-state index contributed by atoms with van der Waals surface area (Å²) < 4.78 is 27.5. The minimum absolute atomic E-state index is 0.284. The zero-order chi connectivity index (χ0) is 18.0. The molecule has 0 saturated carbocycles. The van der Waals surface area contributed by atoms with Gasteiger partial charge in [0.15, 0.2) is 5.11 Å². The van der Waals surface area contributed by atoms with Gasteiger partial charge in [0, 0.05) is 31.9 Å². The Morgan fingerprint density at radius 3 is 2.44 bits per heavy atom. The Hall–Kier alpha value is -1.19. The van der Waals surface area contributed by atoms with Crippen molar-refractivity contribution in [3.05, 3.63) is 46.3 Å². The average Bonchev–Trinajstić information content (AvgIpc) is 3.04. The molecule has 0 amide bonds. The third kappa shape index (κ3) is 4.15. The smallest absolute Gasteiger partial charge is 0.252 e. The molecule has 0 spiro atoms. The van der Waals surface area contributed by atoms with E-state index in [0.29, 0.717) is 35.6 Å². The molecule has 1 aliphatic heterocycles. The van der Waals surface area contributed by atoms with Crippen LogP contribution in [0.3, 0.4) is 0 Å². The van der Waals surface area contributed by atoms with Crippen LogP contribution in [0, 0.1) is 6.92 Å². The van der Waals surface area contributed by atoms with Gasteiger partial charge >= 0.3 is 0 Å². The van der Waals surface area contributed by atoms with Crippen LogP contribution in [-0.2, 0) is 10.0 Å². The number of piperazine rings is 1. The van der Waals surface area contributed by atoms with Crippen molar-refractivity contribution in [3.8, 4) is 0 Å². The second-order valence-electron chi connectivity index (χ2n) is 5.69. The summed E-state index contributed by atoms with van der Waals surface area (Å²) in [4.78, 5) is 2.00. The first-order valence-electron chi connectivity index (χ1n) is 7.75. The van der Waals surface area contributed by atoms with Crippen molar-refractivity contribution in [3.63, 3.8) is 0 Å². The van der Waals surface area contributed by atoms with Crippen molar-refractivity contribution >= 4 is 56.0 Å². The number of thiocarbonyl (C=S) groups is 1. The first-order valence-corrected chi connectivity index (χ1v) is 10.8. The Bertz CT molecular complexity index is 874. The Labute approximate surface area is 162 Å². The molecular formula is C16H18ClN3O2S3. The number of para-hydroxylation sites is 1.